The van der Waals surface area contributed by atoms with Crippen molar-refractivity contribution in [3.8, 4) is 0 Å². The van der Waals surface area contributed by atoms with Crippen molar-refractivity contribution in [2.75, 3.05) is 19.6 Å². The fourth-order valence-electron chi connectivity index (χ4n) is 2.02. The van der Waals surface area contributed by atoms with E-state index in [2.05, 4.69) is 92.5 Å². The summed E-state index contributed by atoms with van der Waals surface area (Å²) in [6, 6.07) is 16.8. The van der Waals surface area contributed by atoms with Crippen LogP contribution in [0.25, 0.3) is 0 Å². The van der Waals surface area contributed by atoms with E-state index in [1.54, 1.807) is 0 Å². The van der Waals surface area contributed by atoms with Crippen LogP contribution in [0.1, 0.15) is 52.2 Å². The number of aliphatic imine (C=N–C) groups is 1. The van der Waals surface area contributed by atoms with Crippen LogP contribution in [0.3, 0.4) is 0 Å². The van der Waals surface area contributed by atoms with Gasteiger partial charge in [-0.1, -0.05) is 40.5 Å². The normalized spacial score (nSPS) is 9.48. The summed E-state index contributed by atoms with van der Waals surface area (Å²) in [6.07, 6.45) is 6.46. The molecular formula is C22H35N2Sc. The third-order valence-corrected chi connectivity index (χ3v) is 3.53. The molecule has 0 unspecified atom stereocenters. The predicted molar refractivity (Wildman–Crippen MR) is 108 cm³/mol. The molecule has 0 N–H and O–H groups in total. The summed E-state index contributed by atoms with van der Waals surface area (Å²) in [4.78, 5) is 6.14. The summed E-state index contributed by atoms with van der Waals surface area (Å²) in [7, 11) is 0. The van der Waals surface area contributed by atoms with E-state index in [1.165, 1.54) is 17.5 Å². The Kier molecular flexibility index (Phi) is 20.4. The molecule has 0 heterocycles. The Hall–Kier alpha value is -0.960. The molecule has 0 spiro atoms. The van der Waals surface area contributed by atoms with Crippen molar-refractivity contribution in [1.29, 1.82) is 0 Å². The van der Waals surface area contributed by atoms with Crippen molar-refractivity contribution >= 4 is 6.34 Å². The fraction of sp³-hybridized carbons (Fsp3) is 0.500. The molecule has 136 valence electrons. The van der Waals surface area contributed by atoms with E-state index in [1.807, 2.05) is 6.92 Å². The molecule has 2 aromatic carbocycles. The minimum Gasteiger partial charge on any atom is -0.538 e. The summed E-state index contributed by atoms with van der Waals surface area (Å²) >= 11 is 0. The van der Waals surface area contributed by atoms with Gasteiger partial charge in [-0.2, -0.15) is 35.4 Å². The first-order valence-corrected chi connectivity index (χ1v) is 9.29. The van der Waals surface area contributed by atoms with Crippen LogP contribution >= 0.6 is 0 Å². The Morgan fingerprint density at radius 1 is 0.800 bits per heavy atom. The topological polar surface area (TPSA) is 15.6 Å². The molecule has 0 saturated carbocycles. The minimum atomic E-state index is 0. The molecule has 2 rings (SSSR count). The van der Waals surface area contributed by atoms with E-state index in [0.29, 0.717) is 0 Å². The monoisotopic (exact) mass is 372 g/mol. The number of hydrogen-bond donors (Lipinski definition) is 0. The Morgan fingerprint density at radius 3 is 1.48 bits per heavy atom. The van der Waals surface area contributed by atoms with Gasteiger partial charge in [-0.3, -0.25) is 6.34 Å². The van der Waals surface area contributed by atoms with Gasteiger partial charge in [-0.05, 0) is 33.0 Å². The van der Waals surface area contributed by atoms with Crippen LogP contribution in [0.4, 0.5) is 0 Å². The second kappa shape index (κ2) is 19.4. The fourth-order valence-corrected chi connectivity index (χ4v) is 2.02. The van der Waals surface area contributed by atoms with E-state index < -0.39 is 0 Å². The molecule has 3 heteroatoms. The number of aryl methyl sites for hydroxylation is 2. The minimum absolute atomic E-state index is 0. The summed E-state index contributed by atoms with van der Waals surface area (Å²) < 4.78 is 0. The molecule has 0 saturated heterocycles. The first-order valence-electron chi connectivity index (χ1n) is 9.29. The molecule has 0 aliphatic heterocycles. The maximum atomic E-state index is 4.04. The zero-order chi connectivity index (χ0) is 18.0. The van der Waals surface area contributed by atoms with Crippen molar-refractivity contribution in [2.24, 2.45) is 4.99 Å². The Labute approximate surface area is 174 Å². The zero-order valence-electron chi connectivity index (χ0n) is 16.8. The van der Waals surface area contributed by atoms with Crippen molar-refractivity contribution in [2.45, 2.75) is 53.9 Å². The van der Waals surface area contributed by atoms with Gasteiger partial charge in [0, 0.05) is 0 Å². The summed E-state index contributed by atoms with van der Waals surface area (Å²) in [5.41, 5.74) is 2.86. The van der Waals surface area contributed by atoms with Gasteiger partial charge < -0.3 is 9.89 Å². The van der Waals surface area contributed by atoms with Crippen molar-refractivity contribution < 1.29 is 25.8 Å². The maximum absolute atomic E-state index is 4.04. The van der Waals surface area contributed by atoms with Crippen molar-refractivity contribution in [3.63, 3.8) is 0 Å². The third-order valence-electron chi connectivity index (χ3n) is 3.53. The summed E-state index contributed by atoms with van der Waals surface area (Å²) in [5.74, 6) is 0. The van der Waals surface area contributed by atoms with E-state index >= 15 is 0 Å². The third kappa shape index (κ3) is 15.0. The average Bonchev–Trinajstić information content (AvgIpc) is 3.33. The van der Waals surface area contributed by atoms with Crippen molar-refractivity contribution in [3.05, 3.63) is 59.7 Å². The van der Waals surface area contributed by atoms with E-state index in [9.17, 15) is 0 Å². The van der Waals surface area contributed by atoms with Crippen LogP contribution in [-0.4, -0.2) is 30.9 Å². The quantitative estimate of drug-likeness (QED) is 0.268. The van der Waals surface area contributed by atoms with Gasteiger partial charge in [-0.25, -0.2) is 24.3 Å². The van der Waals surface area contributed by atoms with E-state index in [-0.39, 0.29) is 25.8 Å². The first kappa shape index (κ1) is 26.3. The first-order chi connectivity index (χ1) is 11.7. The smallest absolute Gasteiger partial charge is 0.538 e. The van der Waals surface area contributed by atoms with Gasteiger partial charge >= 0.3 is 25.8 Å². The molecule has 2 aromatic rings. The standard InChI is InChI=1S/C8H17N2.2C7H9.Sc/c1-4-7-10(6-3)8-9-5-2;2*1-2-7-5-3-4-6-7;/h4-7H2,1-3H3;2*3-6H,2H2,1H3;/q3*-1;+3. The molecule has 0 aromatic heterocycles. The van der Waals surface area contributed by atoms with Crippen molar-refractivity contribution in [1.82, 2.24) is 4.90 Å². The van der Waals surface area contributed by atoms with E-state index in [0.717, 1.165) is 32.5 Å². The van der Waals surface area contributed by atoms with Gasteiger partial charge in [0.2, 0.25) is 0 Å². The Morgan fingerprint density at radius 2 is 1.24 bits per heavy atom. The molecule has 0 aliphatic carbocycles. The molecule has 0 aliphatic rings. The SMILES string of the molecule is CCCN([C-]=NCC)CC.CC[c-]1cccc1.CC[c-]1cccc1.[Sc+3]. The summed E-state index contributed by atoms with van der Waals surface area (Å²) in [5, 5.41) is 0. The molecule has 25 heavy (non-hydrogen) atoms. The number of nitrogens with zero attached hydrogens (tertiary/aromatic N) is 2. The number of rotatable bonds is 7. The molecule has 0 fully saturated rings. The molecule has 0 bridgehead atoms. The van der Waals surface area contributed by atoms with Gasteiger partial charge in [0.15, 0.2) is 0 Å². The maximum Gasteiger partial charge on any atom is 3.00 e. The Bertz CT molecular complexity index is 438. The van der Waals surface area contributed by atoms with Gasteiger partial charge in [-0.15, -0.1) is 0 Å². The van der Waals surface area contributed by atoms with Crippen LogP contribution in [0.5, 0.6) is 0 Å². The van der Waals surface area contributed by atoms with E-state index in [4.69, 9.17) is 0 Å². The number of hydrogen-bond acceptors (Lipinski definition) is 1. The van der Waals surface area contributed by atoms with Crippen LogP contribution < -0.4 is 0 Å². The predicted octanol–water partition coefficient (Wildman–Crippen LogP) is 5.58. The zero-order valence-corrected chi connectivity index (χ0v) is 18.6. The van der Waals surface area contributed by atoms with Crippen LogP contribution in [0, 0.1) is 0 Å². The van der Waals surface area contributed by atoms with Crippen LogP contribution in [-0.2, 0) is 38.7 Å². The largest absolute Gasteiger partial charge is 3.00 e. The molecule has 2 nitrogen and oxygen atoms in total. The summed E-state index contributed by atoms with van der Waals surface area (Å²) in [6.45, 7) is 13.5. The Balaban J connectivity index is 0. The molecular weight excluding hydrogens is 337 g/mol. The second-order valence-electron chi connectivity index (χ2n) is 5.45. The van der Waals surface area contributed by atoms with Crippen LogP contribution in [0.15, 0.2) is 53.5 Å². The van der Waals surface area contributed by atoms with Crippen LogP contribution in [0.2, 0.25) is 0 Å². The van der Waals surface area contributed by atoms with Gasteiger partial charge in [0.25, 0.3) is 0 Å². The molecule has 0 radical (unpaired) electrons. The molecule has 0 atom stereocenters. The molecule has 0 amide bonds. The van der Waals surface area contributed by atoms with Gasteiger partial charge in [0.05, 0.1) is 0 Å². The van der Waals surface area contributed by atoms with Gasteiger partial charge in [0.1, 0.15) is 0 Å². The second-order valence-corrected chi connectivity index (χ2v) is 5.45. The average molecular weight is 372 g/mol.